The van der Waals surface area contributed by atoms with Gasteiger partial charge in [-0.2, -0.15) is 0 Å². The van der Waals surface area contributed by atoms with Crippen LogP contribution in [-0.2, 0) is 0 Å². The summed E-state index contributed by atoms with van der Waals surface area (Å²) in [4.78, 5) is 0. The summed E-state index contributed by atoms with van der Waals surface area (Å²) in [7, 11) is 0. The molecule has 1 aliphatic rings. The molecule has 0 radical (unpaired) electrons. The summed E-state index contributed by atoms with van der Waals surface area (Å²) in [6, 6.07) is 7.67. The van der Waals surface area contributed by atoms with E-state index >= 15 is 0 Å². The summed E-state index contributed by atoms with van der Waals surface area (Å²) < 4.78 is 0. The normalized spacial score (nSPS) is 26.4. The van der Waals surface area contributed by atoms with Crippen LogP contribution in [0.3, 0.4) is 0 Å². The van der Waals surface area contributed by atoms with Gasteiger partial charge in [0.05, 0.1) is 0 Å². The minimum Gasteiger partial charge on any atom is -0.382 e. The Kier molecular flexibility index (Phi) is 5.35. The number of rotatable bonds is 4. The van der Waals surface area contributed by atoms with Gasteiger partial charge < -0.3 is 5.32 Å². The Morgan fingerprint density at radius 3 is 2.29 bits per heavy atom. The molecule has 0 saturated heterocycles. The fourth-order valence-corrected chi connectivity index (χ4v) is 3.63. The van der Waals surface area contributed by atoms with E-state index in [0.29, 0.717) is 17.9 Å². The van der Waals surface area contributed by atoms with Crippen LogP contribution in [0.15, 0.2) is 18.2 Å². The Balaban J connectivity index is 2.19. The van der Waals surface area contributed by atoms with Crippen molar-refractivity contribution in [2.45, 2.75) is 78.7 Å². The Labute approximate surface area is 131 Å². The van der Waals surface area contributed by atoms with Gasteiger partial charge in [0.15, 0.2) is 0 Å². The topological polar surface area (TPSA) is 12.0 Å². The highest BCUT2D eigenvalue weighted by molar-refractivity contribution is 5.55. The summed E-state index contributed by atoms with van der Waals surface area (Å²) >= 11 is 0. The fraction of sp³-hybridized carbons (Fsp3) is 0.700. The van der Waals surface area contributed by atoms with Crippen molar-refractivity contribution in [1.29, 1.82) is 0 Å². The third-order valence-electron chi connectivity index (χ3n) is 5.14. The summed E-state index contributed by atoms with van der Waals surface area (Å²) in [6.45, 7) is 14.0. The highest BCUT2D eigenvalue weighted by Gasteiger charge is 2.25. The minimum atomic E-state index is 0.573. The molecule has 3 unspecified atom stereocenters. The van der Waals surface area contributed by atoms with Gasteiger partial charge in [-0.05, 0) is 60.1 Å². The zero-order chi connectivity index (χ0) is 15.6. The summed E-state index contributed by atoms with van der Waals surface area (Å²) in [5.74, 6) is 2.85. The van der Waals surface area contributed by atoms with E-state index in [-0.39, 0.29) is 0 Å². The first-order chi connectivity index (χ1) is 9.88. The molecule has 21 heavy (non-hydrogen) atoms. The van der Waals surface area contributed by atoms with Gasteiger partial charge in [-0.3, -0.25) is 0 Å². The molecule has 1 nitrogen and oxygen atoms in total. The second kappa shape index (κ2) is 6.85. The molecule has 1 fully saturated rings. The van der Waals surface area contributed by atoms with Crippen LogP contribution in [-0.4, -0.2) is 6.04 Å². The molecular weight excluding hydrogens is 254 g/mol. The zero-order valence-corrected chi connectivity index (χ0v) is 14.7. The monoisotopic (exact) mass is 287 g/mol. The maximum atomic E-state index is 3.87. The third kappa shape index (κ3) is 4.02. The highest BCUT2D eigenvalue weighted by atomic mass is 14.9. The van der Waals surface area contributed by atoms with Gasteiger partial charge in [-0.25, -0.2) is 0 Å². The fourth-order valence-electron chi connectivity index (χ4n) is 3.63. The van der Waals surface area contributed by atoms with Crippen LogP contribution in [0.4, 0.5) is 5.69 Å². The standard InChI is InChI=1S/C20H33N/c1-13(2)17-8-10-20(18(12-17)14(3)4)21-19-9-7-15(5)11-16(19)6/h8,10,12-16,19,21H,7,9,11H2,1-6H3. The third-order valence-corrected chi connectivity index (χ3v) is 5.14. The number of anilines is 1. The number of benzene rings is 1. The van der Waals surface area contributed by atoms with Gasteiger partial charge in [0.2, 0.25) is 0 Å². The SMILES string of the molecule is CC1CCC(Nc2ccc(C(C)C)cc2C(C)C)C(C)C1. The van der Waals surface area contributed by atoms with Gasteiger partial charge in [0.1, 0.15) is 0 Å². The van der Waals surface area contributed by atoms with Crippen LogP contribution in [0, 0.1) is 11.8 Å². The second-order valence-electron chi connectivity index (χ2n) is 7.80. The molecule has 1 N–H and O–H groups in total. The van der Waals surface area contributed by atoms with Crippen LogP contribution in [0.25, 0.3) is 0 Å². The summed E-state index contributed by atoms with van der Waals surface area (Å²) in [5.41, 5.74) is 4.29. The van der Waals surface area contributed by atoms with E-state index < -0.39 is 0 Å². The molecule has 0 spiro atoms. The molecule has 0 aromatic heterocycles. The van der Waals surface area contributed by atoms with Crippen molar-refractivity contribution in [3.63, 3.8) is 0 Å². The van der Waals surface area contributed by atoms with Crippen LogP contribution < -0.4 is 5.32 Å². The molecule has 2 rings (SSSR count). The first-order valence-electron chi connectivity index (χ1n) is 8.78. The Bertz CT molecular complexity index is 461. The van der Waals surface area contributed by atoms with Crippen molar-refractivity contribution in [2.75, 3.05) is 5.32 Å². The minimum absolute atomic E-state index is 0.573. The van der Waals surface area contributed by atoms with Gasteiger partial charge >= 0.3 is 0 Å². The van der Waals surface area contributed by atoms with E-state index in [1.54, 1.807) is 0 Å². The quantitative estimate of drug-likeness (QED) is 0.698. The van der Waals surface area contributed by atoms with E-state index in [9.17, 15) is 0 Å². The average molecular weight is 287 g/mol. The molecule has 0 heterocycles. The maximum Gasteiger partial charge on any atom is 0.0377 e. The first-order valence-corrected chi connectivity index (χ1v) is 8.78. The number of hydrogen-bond acceptors (Lipinski definition) is 1. The van der Waals surface area contributed by atoms with E-state index in [1.807, 2.05) is 0 Å². The molecule has 0 aliphatic heterocycles. The number of hydrogen-bond donors (Lipinski definition) is 1. The van der Waals surface area contributed by atoms with E-state index in [0.717, 1.165) is 11.8 Å². The van der Waals surface area contributed by atoms with Crippen LogP contribution in [0.5, 0.6) is 0 Å². The lowest BCUT2D eigenvalue weighted by atomic mass is 9.79. The molecular formula is C20H33N. The summed E-state index contributed by atoms with van der Waals surface area (Å²) in [5, 5.41) is 3.87. The highest BCUT2D eigenvalue weighted by Crippen LogP contribution is 2.34. The summed E-state index contributed by atoms with van der Waals surface area (Å²) in [6.07, 6.45) is 4.04. The van der Waals surface area contributed by atoms with Gasteiger partial charge in [0, 0.05) is 11.7 Å². The molecule has 1 aromatic rings. The molecule has 3 atom stereocenters. The predicted molar refractivity (Wildman–Crippen MR) is 94.2 cm³/mol. The van der Waals surface area contributed by atoms with Crippen LogP contribution in [0.1, 0.15) is 83.8 Å². The van der Waals surface area contributed by atoms with Gasteiger partial charge in [-0.1, -0.05) is 53.7 Å². The van der Waals surface area contributed by atoms with E-state index in [1.165, 1.54) is 36.1 Å². The van der Waals surface area contributed by atoms with Crippen LogP contribution >= 0.6 is 0 Å². The molecule has 0 bridgehead atoms. The lowest BCUT2D eigenvalue weighted by molar-refractivity contribution is 0.276. The molecule has 1 saturated carbocycles. The van der Waals surface area contributed by atoms with Crippen molar-refractivity contribution in [1.82, 2.24) is 0 Å². The zero-order valence-electron chi connectivity index (χ0n) is 14.7. The molecule has 118 valence electrons. The van der Waals surface area contributed by atoms with E-state index in [2.05, 4.69) is 65.1 Å². The van der Waals surface area contributed by atoms with Crippen molar-refractivity contribution >= 4 is 5.69 Å². The van der Waals surface area contributed by atoms with Crippen molar-refractivity contribution in [3.05, 3.63) is 29.3 Å². The Morgan fingerprint density at radius 2 is 1.71 bits per heavy atom. The molecule has 1 aliphatic carbocycles. The van der Waals surface area contributed by atoms with Gasteiger partial charge in [0.25, 0.3) is 0 Å². The molecule has 1 aromatic carbocycles. The second-order valence-corrected chi connectivity index (χ2v) is 7.80. The van der Waals surface area contributed by atoms with Crippen molar-refractivity contribution in [2.24, 2.45) is 11.8 Å². The maximum absolute atomic E-state index is 3.87. The van der Waals surface area contributed by atoms with Crippen LogP contribution in [0.2, 0.25) is 0 Å². The lowest BCUT2D eigenvalue weighted by Crippen LogP contribution is -2.33. The average Bonchev–Trinajstić information content (AvgIpc) is 2.41. The van der Waals surface area contributed by atoms with E-state index in [4.69, 9.17) is 0 Å². The van der Waals surface area contributed by atoms with Crippen molar-refractivity contribution < 1.29 is 0 Å². The smallest absolute Gasteiger partial charge is 0.0377 e. The number of nitrogens with one attached hydrogen (secondary N) is 1. The van der Waals surface area contributed by atoms with Gasteiger partial charge in [-0.15, -0.1) is 0 Å². The Morgan fingerprint density at radius 1 is 1.00 bits per heavy atom. The largest absolute Gasteiger partial charge is 0.382 e. The molecule has 0 amide bonds. The van der Waals surface area contributed by atoms with Crippen molar-refractivity contribution in [3.8, 4) is 0 Å². The first kappa shape index (κ1) is 16.4. The predicted octanol–water partition coefficient (Wildman–Crippen LogP) is 6.17. The molecule has 1 heteroatoms. The Hall–Kier alpha value is -0.980. The lowest BCUT2D eigenvalue weighted by Gasteiger charge is -2.34.